The largest absolute Gasteiger partial charge is 0.357 e. The Morgan fingerprint density at radius 1 is 1.33 bits per heavy atom. The number of nitrogens with zero attached hydrogens (tertiary/aromatic N) is 4. The highest BCUT2D eigenvalue weighted by Gasteiger charge is 2.30. The first-order chi connectivity index (χ1) is 11.7. The second-order valence-electron chi connectivity index (χ2n) is 7.10. The van der Waals surface area contributed by atoms with Crippen molar-refractivity contribution in [1.82, 2.24) is 25.3 Å². The van der Waals surface area contributed by atoms with Crippen molar-refractivity contribution < 1.29 is 0 Å². The van der Waals surface area contributed by atoms with Gasteiger partial charge in [0.2, 0.25) is 0 Å². The zero-order valence-corrected chi connectivity index (χ0v) is 15.2. The smallest absolute Gasteiger partial charge is 0.191 e. The number of guanidine groups is 1. The van der Waals surface area contributed by atoms with Crippen LogP contribution in [0.3, 0.4) is 0 Å². The molecule has 6 nitrogen and oxygen atoms in total. The summed E-state index contributed by atoms with van der Waals surface area (Å²) in [6, 6.07) is 1.36. The zero-order chi connectivity index (χ0) is 16.8. The molecule has 0 unspecified atom stereocenters. The van der Waals surface area contributed by atoms with Crippen LogP contribution in [0, 0.1) is 0 Å². The van der Waals surface area contributed by atoms with Crippen LogP contribution in [0.25, 0.3) is 0 Å². The molecule has 2 aliphatic rings. The first kappa shape index (κ1) is 17.3. The van der Waals surface area contributed by atoms with Gasteiger partial charge < -0.3 is 10.6 Å². The van der Waals surface area contributed by atoms with Crippen LogP contribution in [0.1, 0.15) is 44.6 Å². The number of aliphatic imine (C=N–C) groups is 1. The van der Waals surface area contributed by atoms with Gasteiger partial charge in [-0.1, -0.05) is 12.8 Å². The third-order valence-corrected chi connectivity index (χ3v) is 5.17. The number of aromatic nitrogens is 2. The Balaban J connectivity index is 1.47. The average molecular weight is 332 g/mol. The minimum absolute atomic E-state index is 0.529. The summed E-state index contributed by atoms with van der Waals surface area (Å²) in [5.74, 6) is 0.958. The molecule has 2 heterocycles. The fourth-order valence-electron chi connectivity index (χ4n) is 3.92. The molecule has 0 aromatic carbocycles. The fraction of sp³-hybridized carbons (Fsp3) is 0.778. The van der Waals surface area contributed by atoms with Crippen LogP contribution < -0.4 is 10.6 Å². The van der Waals surface area contributed by atoms with Gasteiger partial charge in [-0.05, 0) is 38.2 Å². The molecule has 1 atom stereocenters. The topological polar surface area (TPSA) is 57.5 Å². The standard InChI is InChI=1S/C18H32N6/c1-3-19-18(20-10-8-15-12-21-23(2)13-15)22-16-9-11-24(14-16)17-6-4-5-7-17/h12-13,16-17H,3-11,14H2,1-2H3,(H2,19,20,22)/t16-/m0/s1. The van der Waals surface area contributed by atoms with Crippen LogP contribution in [-0.2, 0) is 13.5 Å². The second-order valence-corrected chi connectivity index (χ2v) is 7.10. The molecule has 134 valence electrons. The summed E-state index contributed by atoms with van der Waals surface area (Å²) in [7, 11) is 1.95. The summed E-state index contributed by atoms with van der Waals surface area (Å²) in [5.41, 5.74) is 1.24. The molecule has 0 bridgehead atoms. The van der Waals surface area contributed by atoms with Gasteiger partial charge in [0.05, 0.1) is 6.20 Å². The number of nitrogens with one attached hydrogen (secondary N) is 2. The van der Waals surface area contributed by atoms with Crippen LogP contribution in [0.4, 0.5) is 0 Å². The van der Waals surface area contributed by atoms with E-state index in [9.17, 15) is 0 Å². The minimum atomic E-state index is 0.529. The molecule has 0 radical (unpaired) electrons. The van der Waals surface area contributed by atoms with Gasteiger partial charge in [0.1, 0.15) is 0 Å². The molecule has 0 spiro atoms. The van der Waals surface area contributed by atoms with Crippen molar-refractivity contribution in [3.05, 3.63) is 18.0 Å². The molecule has 1 aromatic heterocycles. The lowest BCUT2D eigenvalue weighted by Gasteiger charge is -2.24. The Morgan fingerprint density at radius 3 is 2.88 bits per heavy atom. The van der Waals surface area contributed by atoms with Crippen LogP contribution in [0.15, 0.2) is 17.4 Å². The molecule has 3 rings (SSSR count). The summed E-state index contributed by atoms with van der Waals surface area (Å²) < 4.78 is 1.85. The lowest BCUT2D eigenvalue weighted by Crippen LogP contribution is -2.45. The molecule has 1 saturated carbocycles. The van der Waals surface area contributed by atoms with Gasteiger partial charge in [0, 0.05) is 51.5 Å². The van der Waals surface area contributed by atoms with Crippen molar-refractivity contribution in [3.63, 3.8) is 0 Å². The zero-order valence-electron chi connectivity index (χ0n) is 15.2. The van der Waals surface area contributed by atoms with Gasteiger partial charge in [0.15, 0.2) is 5.96 Å². The molecule has 2 N–H and O–H groups in total. The molecule has 1 aliphatic heterocycles. The van der Waals surface area contributed by atoms with Gasteiger partial charge in [-0.3, -0.25) is 14.6 Å². The normalized spacial score (nSPS) is 23.1. The Bertz CT molecular complexity index is 531. The first-order valence-electron chi connectivity index (χ1n) is 9.51. The van der Waals surface area contributed by atoms with E-state index >= 15 is 0 Å². The maximum absolute atomic E-state index is 4.74. The summed E-state index contributed by atoms with van der Waals surface area (Å²) in [5, 5.41) is 11.2. The van der Waals surface area contributed by atoms with Crippen molar-refractivity contribution in [2.75, 3.05) is 26.2 Å². The van der Waals surface area contributed by atoms with Crippen molar-refractivity contribution >= 4 is 5.96 Å². The monoisotopic (exact) mass is 332 g/mol. The Labute approximate surface area is 145 Å². The van der Waals surface area contributed by atoms with Crippen molar-refractivity contribution in [3.8, 4) is 0 Å². The lowest BCUT2D eigenvalue weighted by molar-refractivity contribution is 0.242. The molecule has 1 saturated heterocycles. The van der Waals surface area contributed by atoms with E-state index in [0.29, 0.717) is 6.04 Å². The van der Waals surface area contributed by atoms with Gasteiger partial charge in [-0.2, -0.15) is 5.10 Å². The van der Waals surface area contributed by atoms with E-state index in [-0.39, 0.29) is 0 Å². The van der Waals surface area contributed by atoms with Crippen LogP contribution in [0.2, 0.25) is 0 Å². The summed E-state index contributed by atoms with van der Waals surface area (Å²) >= 11 is 0. The molecular weight excluding hydrogens is 300 g/mol. The fourth-order valence-corrected chi connectivity index (χ4v) is 3.92. The van der Waals surface area contributed by atoms with E-state index in [0.717, 1.165) is 38.1 Å². The third kappa shape index (κ3) is 4.72. The number of hydrogen-bond donors (Lipinski definition) is 2. The molecule has 2 fully saturated rings. The van der Waals surface area contributed by atoms with Gasteiger partial charge in [-0.15, -0.1) is 0 Å². The number of aryl methyl sites for hydroxylation is 1. The average Bonchev–Trinajstić information content (AvgIpc) is 3.29. The van der Waals surface area contributed by atoms with Crippen LogP contribution in [-0.4, -0.2) is 58.9 Å². The van der Waals surface area contributed by atoms with Crippen molar-refractivity contribution in [1.29, 1.82) is 0 Å². The summed E-state index contributed by atoms with van der Waals surface area (Å²) in [6.07, 6.45) is 11.8. The highest BCUT2D eigenvalue weighted by Crippen LogP contribution is 2.26. The number of likely N-dealkylation sites (tertiary alicyclic amines) is 1. The van der Waals surface area contributed by atoms with E-state index in [1.165, 1.54) is 44.2 Å². The molecule has 0 amide bonds. The summed E-state index contributed by atoms with van der Waals surface area (Å²) in [6.45, 7) is 6.21. The molecule has 6 heteroatoms. The van der Waals surface area contributed by atoms with E-state index in [2.05, 4.69) is 33.8 Å². The maximum Gasteiger partial charge on any atom is 0.191 e. The second kappa shape index (κ2) is 8.51. The van der Waals surface area contributed by atoms with Gasteiger partial charge in [-0.25, -0.2) is 0 Å². The Kier molecular flexibility index (Phi) is 6.12. The van der Waals surface area contributed by atoms with E-state index in [1.54, 1.807) is 0 Å². The van der Waals surface area contributed by atoms with Crippen LogP contribution in [0.5, 0.6) is 0 Å². The van der Waals surface area contributed by atoms with Crippen LogP contribution >= 0.6 is 0 Å². The van der Waals surface area contributed by atoms with Crippen molar-refractivity contribution in [2.24, 2.45) is 12.0 Å². The highest BCUT2D eigenvalue weighted by molar-refractivity contribution is 5.80. The SMILES string of the molecule is CCNC(=NCCc1cnn(C)c1)N[C@H]1CCN(C2CCCC2)C1. The van der Waals surface area contributed by atoms with E-state index in [1.807, 2.05) is 17.9 Å². The summed E-state index contributed by atoms with van der Waals surface area (Å²) in [4.78, 5) is 7.43. The van der Waals surface area contributed by atoms with Crippen molar-refractivity contribution in [2.45, 2.75) is 57.5 Å². The Hall–Kier alpha value is -1.56. The molecular formula is C18H32N6. The van der Waals surface area contributed by atoms with Gasteiger partial charge >= 0.3 is 0 Å². The van der Waals surface area contributed by atoms with Gasteiger partial charge in [0.25, 0.3) is 0 Å². The maximum atomic E-state index is 4.74. The quantitative estimate of drug-likeness (QED) is 0.613. The van der Waals surface area contributed by atoms with E-state index in [4.69, 9.17) is 4.99 Å². The highest BCUT2D eigenvalue weighted by atomic mass is 15.3. The number of rotatable bonds is 6. The molecule has 24 heavy (non-hydrogen) atoms. The predicted octanol–water partition coefficient (Wildman–Crippen LogP) is 1.53. The Morgan fingerprint density at radius 2 is 2.17 bits per heavy atom. The minimum Gasteiger partial charge on any atom is -0.357 e. The first-order valence-corrected chi connectivity index (χ1v) is 9.51. The molecule has 1 aromatic rings. The molecule has 1 aliphatic carbocycles. The van der Waals surface area contributed by atoms with E-state index < -0.39 is 0 Å². The lowest BCUT2D eigenvalue weighted by atomic mass is 10.2. The third-order valence-electron chi connectivity index (χ3n) is 5.17. The predicted molar refractivity (Wildman–Crippen MR) is 98.3 cm³/mol. The number of hydrogen-bond acceptors (Lipinski definition) is 3.